The Kier molecular flexibility index (Phi) is 6.07. The minimum absolute atomic E-state index is 0.00598. The van der Waals surface area contributed by atoms with E-state index in [0.717, 1.165) is 24.8 Å². The van der Waals surface area contributed by atoms with Gasteiger partial charge < -0.3 is 15.2 Å². The minimum Gasteiger partial charge on any atom is -0.404 e. The van der Waals surface area contributed by atoms with Gasteiger partial charge in [-0.15, -0.1) is 0 Å². The molecule has 2 fully saturated rings. The summed E-state index contributed by atoms with van der Waals surface area (Å²) >= 11 is 5.99. The molecule has 10 heteroatoms. The first-order valence-corrected chi connectivity index (χ1v) is 12.4. The summed E-state index contributed by atoms with van der Waals surface area (Å²) in [6.45, 7) is 0.958. The number of hydrogen-bond acceptors (Lipinski definition) is 7. The van der Waals surface area contributed by atoms with Gasteiger partial charge in [0.15, 0.2) is 5.82 Å². The Labute approximate surface area is 211 Å². The lowest BCUT2D eigenvalue weighted by Gasteiger charge is -2.30. The smallest absolute Gasteiger partial charge is 0.265 e. The average molecular weight is 510 g/mol. The zero-order valence-electron chi connectivity index (χ0n) is 19.5. The lowest BCUT2D eigenvalue weighted by Crippen LogP contribution is -2.29. The van der Waals surface area contributed by atoms with E-state index in [9.17, 15) is 4.79 Å². The number of hydrogen-bond donors (Lipinski definition) is 1. The van der Waals surface area contributed by atoms with Crippen LogP contribution >= 0.6 is 11.6 Å². The number of benzene rings is 1. The first kappa shape index (κ1) is 23.3. The van der Waals surface area contributed by atoms with Gasteiger partial charge in [0.05, 0.1) is 42.2 Å². The van der Waals surface area contributed by atoms with E-state index in [-0.39, 0.29) is 47.2 Å². The van der Waals surface area contributed by atoms with Crippen LogP contribution in [0.25, 0.3) is 17.0 Å². The van der Waals surface area contributed by atoms with Crippen molar-refractivity contribution in [2.24, 2.45) is 10.7 Å². The van der Waals surface area contributed by atoms with Crippen molar-refractivity contribution < 1.29 is 13.9 Å². The number of aliphatic imine (C=N–C) groups is 1. The van der Waals surface area contributed by atoms with E-state index in [1.165, 1.54) is 16.5 Å². The van der Waals surface area contributed by atoms with E-state index in [1.54, 1.807) is 12.3 Å². The number of aromatic nitrogens is 3. The van der Waals surface area contributed by atoms with Crippen LogP contribution in [0, 0.1) is 5.82 Å². The topological polar surface area (TPSA) is 104 Å². The van der Waals surface area contributed by atoms with Gasteiger partial charge in [0.1, 0.15) is 11.5 Å². The molecule has 6 rings (SSSR count). The Bertz CT molecular complexity index is 1470. The highest BCUT2D eigenvalue weighted by molar-refractivity contribution is 6.30. The highest BCUT2D eigenvalue weighted by atomic mass is 35.5. The van der Waals surface area contributed by atoms with Crippen molar-refractivity contribution in [1.82, 2.24) is 14.4 Å². The summed E-state index contributed by atoms with van der Waals surface area (Å²) in [7, 11) is 0. The SMILES string of the molecule is N/C=C(\C=NC1CC1)C1CC(c2cc3nc4c(c(=O)n3c(-c3ccc(Cl)cc3F)n2)COC4)CCO1. The summed E-state index contributed by atoms with van der Waals surface area (Å²) < 4.78 is 27.9. The molecule has 0 amide bonds. The van der Waals surface area contributed by atoms with Crippen LogP contribution in [-0.4, -0.2) is 39.3 Å². The molecule has 1 aliphatic carbocycles. The number of halogens is 2. The van der Waals surface area contributed by atoms with Crippen LogP contribution in [0.4, 0.5) is 4.39 Å². The van der Waals surface area contributed by atoms with Gasteiger partial charge in [0.2, 0.25) is 0 Å². The minimum atomic E-state index is -0.563. The zero-order valence-corrected chi connectivity index (χ0v) is 20.2. The molecule has 8 nitrogen and oxygen atoms in total. The molecule has 2 unspecified atom stereocenters. The number of ether oxygens (including phenoxy) is 2. The number of nitrogens with zero attached hydrogens (tertiary/aromatic N) is 4. The summed E-state index contributed by atoms with van der Waals surface area (Å²) in [4.78, 5) is 27.5. The van der Waals surface area contributed by atoms with Crippen LogP contribution in [-0.2, 0) is 22.7 Å². The van der Waals surface area contributed by atoms with E-state index in [0.29, 0.717) is 41.7 Å². The van der Waals surface area contributed by atoms with Crippen LogP contribution < -0.4 is 11.3 Å². The number of nitrogens with two attached hydrogens (primary N) is 1. The van der Waals surface area contributed by atoms with Crippen LogP contribution in [0.5, 0.6) is 0 Å². The van der Waals surface area contributed by atoms with Crippen molar-refractivity contribution in [2.45, 2.75) is 57.0 Å². The third-order valence-electron chi connectivity index (χ3n) is 6.92. The molecule has 3 aliphatic rings. The van der Waals surface area contributed by atoms with Crippen molar-refractivity contribution in [1.29, 1.82) is 0 Å². The zero-order chi connectivity index (χ0) is 24.8. The molecule has 3 aromatic rings. The molecule has 1 aromatic carbocycles. The molecule has 2 aliphatic heterocycles. The second kappa shape index (κ2) is 9.38. The van der Waals surface area contributed by atoms with Crippen molar-refractivity contribution in [2.75, 3.05) is 6.61 Å². The normalized spacial score (nSPS) is 22.4. The molecule has 1 saturated carbocycles. The molecule has 186 valence electrons. The standard InChI is InChI=1S/C26H25ClFN5O3/c27-16-1-4-18(20(28)8-16)25-32-21(9-24-31-22-13-35-12-19(22)26(34)33(24)25)14-5-6-36-23(7-14)15(10-29)11-30-17-2-3-17/h1,4,8-11,14,17,23H,2-3,5-7,12-13,29H2/b15-10+,30-11?. The summed E-state index contributed by atoms with van der Waals surface area (Å²) in [6, 6.07) is 6.53. The first-order chi connectivity index (χ1) is 17.5. The van der Waals surface area contributed by atoms with Gasteiger partial charge >= 0.3 is 0 Å². The molecule has 0 bridgehead atoms. The van der Waals surface area contributed by atoms with Gasteiger partial charge in [0.25, 0.3) is 5.56 Å². The van der Waals surface area contributed by atoms with E-state index in [4.69, 9.17) is 36.8 Å². The maximum atomic E-state index is 15.1. The van der Waals surface area contributed by atoms with E-state index in [1.807, 2.05) is 12.3 Å². The van der Waals surface area contributed by atoms with Crippen LogP contribution in [0.2, 0.25) is 5.02 Å². The summed E-state index contributed by atoms with van der Waals surface area (Å²) in [5, 5.41) is 0.262. The summed E-state index contributed by atoms with van der Waals surface area (Å²) in [5.41, 5.74) is 8.82. The van der Waals surface area contributed by atoms with E-state index < -0.39 is 5.82 Å². The number of rotatable bonds is 5. The predicted octanol–water partition coefficient (Wildman–Crippen LogP) is 3.92. The third-order valence-corrected chi connectivity index (χ3v) is 7.15. The van der Waals surface area contributed by atoms with Gasteiger partial charge in [-0.25, -0.2) is 18.8 Å². The highest BCUT2D eigenvalue weighted by Gasteiger charge is 2.30. The fourth-order valence-electron chi connectivity index (χ4n) is 4.78. The van der Waals surface area contributed by atoms with Crippen molar-refractivity contribution in [3.05, 3.63) is 74.2 Å². The van der Waals surface area contributed by atoms with Crippen molar-refractivity contribution >= 4 is 23.5 Å². The number of fused-ring (bicyclic) bond motifs is 2. The molecular formula is C26H25ClFN5O3. The molecule has 1 saturated heterocycles. The molecule has 36 heavy (non-hydrogen) atoms. The van der Waals surface area contributed by atoms with Crippen molar-refractivity contribution in [3.8, 4) is 11.4 Å². The maximum Gasteiger partial charge on any atom is 0.265 e. The maximum absolute atomic E-state index is 15.1. The highest BCUT2D eigenvalue weighted by Crippen LogP contribution is 2.34. The molecular weight excluding hydrogens is 485 g/mol. The Morgan fingerprint density at radius 3 is 2.86 bits per heavy atom. The van der Waals surface area contributed by atoms with Crippen LogP contribution in [0.1, 0.15) is 48.6 Å². The second-order valence-electron chi connectivity index (χ2n) is 9.41. The van der Waals surface area contributed by atoms with Crippen LogP contribution in [0.3, 0.4) is 0 Å². The molecule has 2 atom stereocenters. The Morgan fingerprint density at radius 2 is 2.08 bits per heavy atom. The fourth-order valence-corrected chi connectivity index (χ4v) is 4.94. The molecule has 0 radical (unpaired) electrons. The lowest BCUT2D eigenvalue weighted by atomic mass is 9.89. The van der Waals surface area contributed by atoms with Gasteiger partial charge in [-0.2, -0.15) is 0 Å². The van der Waals surface area contributed by atoms with Gasteiger partial charge in [-0.1, -0.05) is 11.6 Å². The predicted molar refractivity (Wildman–Crippen MR) is 134 cm³/mol. The molecule has 0 spiro atoms. The fraction of sp³-hybridized carbons (Fsp3) is 0.385. The monoisotopic (exact) mass is 509 g/mol. The van der Waals surface area contributed by atoms with E-state index >= 15 is 4.39 Å². The largest absolute Gasteiger partial charge is 0.404 e. The first-order valence-electron chi connectivity index (χ1n) is 12.1. The molecule has 2 aromatic heterocycles. The third kappa shape index (κ3) is 4.31. The molecule has 2 N–H and O–H groups in total. The summed E-state index contributed by atoms with van der Waals surface area (Å²) in [5.74, 6) is -0.378. The lowest BCUT2D eigenvalue weighted by molar-refractivity contribution is 0.0320. The summed E-state index contributed by atoms with van der Waals surface area (Å²) in [6.07, 6.45) is 6.70. The van der Waals surface area contributed by atoms with Crippen molar-refractivity contribution in [3.63, 3.8) is 0 Å². The Hall–Kier alpha value is -3.14. The quantitative estimate of drug-likeness (QED) is 0.523. The van der Waals surface area contributed by atoms with Crippen LogP contribution in [0.15, 0.2) is 45.8 Å². The van der Waals surface area contributed by atoms with Gasteiger partial charge in [0, 0.05) is 47.3 Å². The average Bonchev–Trinajstić information content (AvgIpc) is 3.58. The van der Waals surface area contributed by atoms with Gasteiger partial charge in [-0.3, -0.25) is 9.79 Å². The van der Waals surface area contributed by atoms with Gasteiger partial charge in [-0.05, 0) is 43.9 Å². The Morgan fingerprint density at radius 1 is 1.22 bits per heavy atom. The Balaban J connectivity index is 1.45. The molecule has 4 heterocycles. The second-order valence-corrected chi connectivity index (χ2v) is 9.85. The van der Waals surface area contributed by atoms with E-state index in [2.05, 4.69) is 4.99 Å².